The molecule has 0 aliphatic heterocycles. The first-order valence-corrected chi connectivity index (χ1v) is 6.17. The number of hydrogen-bond acceptors (Lipinski definition) is 3. The van der Waals surface area contributed by atoms with Crippen molar-refractivity contribution in [1.82, 2.24) is 0 Å². The molecule has 17 heavy (non-hydrogen) atoms. The minimum absolute atomic E-state index is 0.00190. The summed E-state index contributed by atoms with van der Waals surface area (Å²) in [6, 6.07) is 8.12. The van der Waals surface area contributed by atoms with Crippen LogP contribution >= 0.6 is 0 Å². The summed E-state index contributed by atoms with van der Waals surface area (Å²) >= 11 is 0. The largest absolute Gasteiger partial charge is 0.389 e. The van der Waals surface area contributed by atoms with Gasteiger partial charge in [-0.1, -0.05) is 18.2 Å². The van der Waals surface area contributed by atoms with Crippen molar-refractivity contribution in [2.75, 3.05) is 18.0 Å². The van der Waals surface area contributed by atoms with Crippen LogP contribution < -0.4 is 10.6 Å². The maximum absolute atomic E-state index is 9.94. The predicted octanol–water partition coefficient (Wildman–Crippen LogP) is 2.30. The zero-order chi connectivity index (χ0) is 13.1. The lowest BCUT2D eigenvalue weighted by Crippen LogP contribution is -2.39. The van der Waals surface area contributed by atoms with E-state index in [0.717, 1.165) is 17.8 Å². The predicted molar refractivity (Wildman–Crippen MR) is 73.2 cm³/mol. The zero-order valence-electron chi connectivity index (χ0n) is 11.3. The van der Waals surface area contributed by atoms with Crippen LogP contribution in [0.25, 0.3) is 0 Å². The van der Waals surface area contributed by atoms with Gasteiger partial charge in [0.1, 0.15) is 0 Å². The Morgan fingerprint density at radius 1 is 1.35 bits per heavy atom. The average molecular weight is 236 g/mol. The Bertz CT molecular complexity index is 355. The Labute approximate surface area is 104 Å². The van der Waals surface area contributed by atoms with E-state index < -0.39 is 5.60 Å². The normalized spacial score (nSPS) is 13.5. The molecule has 1 rings (SSSR count). The summed E-state index contributed by atoms with van der Waals surface area (Å²) in [5.41, 5.74) is 7.52. The van der Waals surface area contributed by atoms with E-state index in [1.807, 2.05) is 39.0 Å². The van der Waals surface area contributed by atoms with Gasteiger partial charge in [0.05, 0.1) is 5.60 Å². The first-order valence-electron chi connectivity index (χ1n) is 6.17. The van der Waals surface area contributed by atoms with Gasteiger partial charge in [-0.05, 0) is 39.3 Å². The Hall–Kier alpha value is -1.06. The van der Waals surface area contributed by atoms with Gasteiger partial charge in [0.2, 0.25) is 0 Å². The van der Waals surface area contributed by atoms with E-state index in [9.17, 15) is 5.11 Å². The van der Waals surface area contributed by atoms with Gasteiger partial charge in [-0.2, -0.15) is 0 Å². The molecule has 3 N–H and O–H groups in total. The van der Waals surface area contributed by atoms with Crippen molar-refractivity contribution in [1.29, 1.82) is 0 Å². The molecule has 0 bridgehead atoms. The topological polar surface area (TPSA) is 49.5 Å². The summed E-state index contributed by atoms with van der Waals surface area (Å²) in [5, 5.41) is 9.94. The second-order valence-corrected chi connectivity index (χ2v) is 5.17. The molecule has 1 atom stereocenters. The summed E-state index contributed by atoms with van der Waals surface area (Å²) in [6.45, 7) is 9.18. The lowest BCUT2D eigenvalue weighted by Gasteiger charge is -2.32. The minimum atomic E-state index is -0.707. The molecule has 1 aromatic carbocycles. The monoisotopic (exact) mass is 236 g/mol. The molecule has 0 amide bonds. The lowest BCUT2D eigenvalue weighted by atomic mass is 10.0. The van der Waals surface area contributed by atoms with E-state index in [-0.39, 0.29) is 6.04 Å². The fraction of sp³-hybridized carbons (Fsp3) is 0.571. The number of rotatable bonds is 5. The third-order valence-corrected chi connectivity index (χ3v) is 2.73. The van der Waals surface area contributed by atoms with Crippen LogP contribution in [0.2, 0.25) is 0 Å². The number of benzene rings is 1. The smallest absolute Gasteiger partial charge is 0.0765 e. The van der Waals surface area contributed by atoms with Crippen LogP contribution in [0.1, 0.15) is 39.3 Å². The van der Waals surface area contributed by atoms with Crippen molar-refractivity contribution in [2.24, 2.45) is 5.73 Å². The molecule has 0 spiro atoms. The summed E-state index contributed by atoms with van der Waals surface area (Å²) in [6.07, 6.45) is 0. The molecule has 0 saturated heterocycles. The SMILES string of the molecule is CCN(CC(C)(C)O)c1ccccc1[C@H](C)N. The van der Waals surface area contributed by atoms with E-state index in [4.69, 9.17) is 5.73 Å². The van der Waals surface area contributed by atoms with Gasteiger partial charge in [0.15, 0.2) is 0 Å². The third-order valence-electron chi connectivity index (χ3n) is 2.73. The summed E-state index contributed by atoms with van der Waals surface area (Å²) in [4.78, 5) is 2.17. The number of hydrogen-bond donors (Lipinski definition) is 2. The van der Waals surface area contributed by atoms with Gasteiger partial charge in [0.25, 0.3) is 0 Å². The molecule has 0 saturated carbocycles. The van der Waals surface area contributed by atoms with Crippen LogP contribution in [0, 0.1) is 0 Å². The van der Waals surface area contributed by atoms with Gasteiger partial charge in [-0.3, -0.25) is 0 Å². The molecule has 3 nitrogen and oxygen atoms in total. The molecule has 3 heteroatoms. The first-order chi connectivity index (χ1) is 7.85. The first kappa shape index (κ1) is 14.0. The highest BCUT2D eigenvalue weighted by molar-refractivity contribution is 5.55. The highest BCUT2D eigenvalue weighted by Crippen LogP contribution is 2.26. The van der Waals surface area contributed by atoms with Crippen LogP contribution in [0.4, 0.5) is 5.69 Å². The number of likely N-dealkylation sites (N-methyl/N-ethyl adjacent to an activating group) is 1. The third kappa shape index (κ3) is 4.02. The summed E-state index contributed by atoms with van der Waals surface area (Å²) in [5.74, 6) is 0. The summed E-state index contributed by atoms with van der Waals surface area (Å²) < 4.78 is 0. The van der Waals surface area contributed by atoms with E-state index >= 15 is 0 Å². The molecule has 0 unspecified atom stereocenters. The van der Waals surface area contributed by atoms with Gasteiger partial charge in [-0.25, -0.2) is 0 Å². The summed E-state index contributed by atoms with van der Waals surface area (Å²) in [7, 11) is 0. The Kier molecular flexibility index (Phi) is 4.54. The molecule has 0 fully saturated rings. The van der Waals surface area contributed by atoms with Gasteiger partial charge < -0.3 is 15.7 Å². The quantitative estimate of drug-likeness (QED) is 0.824. The molecular weight excluding hydrogens is 212 g/mol. The van der Waals surface area contributed by atoms with E-state index in [2.05, 4.69) is 17.9 Å². The molecular formula is C14H24N2O. The highest BCUT2D eigenvalue weighted by Gasteiger charge is 2.19. The van der Waals surface area contributed by atoms with Crippen molar-refractivity contribution < 1.29 is 5.11 Å². The van der Waals surface area contributed by atoms with E-state index in [1.54, 1.807) is 0 Å². The van der Waals surface area contributed by atoms with Gasteiger partial charge >= 0.3 is 0 Å². The zero-order valence-corrected chi connectivity index (χ0v) is 11.3. The average Bonchev–Trinajstić information content (AvgIpc) is 2.24. The number of para-hydroxylation sites is 1. The van der Waals surface area contributed by atoms with Crippen LogP contribution in [0.3, 0.4) is 0 Å². The van der Waals surface area contributed by atoms with Crippen molar-refractivity contribution in [3.63, 3.8) is 0 Å². The maximum atomic E-state index is 9.94. The van der Waals surface area contributed by atoms with Gasteiger partial charge in [0, 0.05) is 24.8 Å². The van der Waals surface area contributed by atoms with Crippen LogP contribution in [-0.2, 0) is 0 Å². The van der Waals surface area contributed by atoms with E-state index in [0.29, 0.717) is 6.54 Å². The Morgan fingerprint density at radius 2 is 1.94 bits per heavy atom. The highest BCUT2D eigenvalue weighted by atomic mass is 16.3. The molecule has 0 heterocycles. The van der Waals surface area contributed by atoms with Crippen LogP contribution in [0.5, 0.6) is 0 Å². The number of nitrogens with zero attached hydrogens (tertiary/aromatic N) is 1. The Morgan fingerprint density at radius 3 is 2.41 bits per heavy atom. The van der Waals surface area contributed by atoms with Crippen LogP contribution in [0.15, 0.2) is 24.3 Å². The number of nitrogens with two attached hydrogens (primary N) is 1. The molecule has 1 aromatic rings. The molecule has 0 aliphatic rings. The molecule has 96 valence electrons. The lowest BCUT2D eigenvalue weighted by molar-refractivity contribution is 0.0875. The number of aliphatic hydroxyl groups is 1. The maximum Gasteiger partial charge on any atom is 0.0765 e. The second-order valence-electron chi connectivity index (χ2n) is 5.17. The van der Waals surface area contributed by atoms with Gasteiger partial charge in [-0.15, -0.1) is 0 Å². The minimum Gasteiger partial charge on any atom is -0.389 e. The van der Waals surface area contributed by atoms with Crippen molar-refractivity contribution in [2.45, 2.75) is 39.3 Å². The van der Waals surface area contributed by atoms with Crippen molar-refractivity contribution in [3.8, 4) is 0 Å². The fourth-order valence-corrected chi connectivity index (χ4v) is 1.99. The van der Waals surface area contributed by atoms with Crippen molar-refractivity contribution >= 4 is 5.69 Å². The van der Waals surface area contributed by atoms with Crippen molar-refractivity contribution in [3.05, 3.63) is 29.8 Å². The van der Waals surface area contributed by atoms with Crippen LogP contribution in [-0.4, -0.2) is 23.8 Å². The molecule has 0 radical (unpaired) electrons. The molecule has 0 aromatic heterocycles. The second kappa shape index (κ2) is 5.52. The number of anilines is 1. The standard InChI is InChI=1S/C14H24N2O/c1-5-16(10-14(3,4)17)13-9-7-6-8-12(13)11(2)15/h6-9,11,17H,5,10,15H2,1-4H3/t11-/m0/s1. The fourth-order valence-electron chi connectivity index (χ4n) is 1.99. The van der Waals surface area contributed by atoms with E-state index in [1.165, 1.54) is 0 Å². The molecule has 0 aliphatic carbocycles. The Balaban J connectivity index is 3.03.